The largest absolute Gasteiger partial charge is 0.492 e. The van der Waals surface area contributed by atoms with E-state index in [9.17, 15) is 8.78 Å². The molecule has 0 aromatic heterocycles. The van der Waals surface area contributed by atoms with Crippen molar-refractivity contribution < 1.29 is 13.5 Å². The highest BCUT2D eigenvalue weighted by Crippen LogP contribution is 2.27. The molecule has 0 radical (unpaired) electrons. The Morgan fingerprint density at radius 2 is 2.15 bits per heavy atom. The molecule has 1 atom stereocenters. The van der Waals surface area contributed by atoms with Gasteiger partial charge in [0.15, 0.2) is 11.6 Å². The third kappa shape index (κ3) is 1.37. The quantitative estimate of drug-likeness (QED) is 0.659. The molecule has 0 bridgehead atoms. The molecular weight excluding hydrogens is 176 g/mol. The first-order chi connectivity index (χ1) is 6.18. The van der Waals surface area contributed by atoms with Crippen molar-refractivity contribution >= 4 is 0 Å². The minimum absolute atomic E-state index is 0.246. The Morgan fingerprint density at radius 3 is 2.92 bits per heavy atom. The Balaban J connectivity index is 2.48. The number of hydrogen-bond donors (Lipinski definition) is 1. The summed E-state index contributed by atoms with van der Waals surface area (Å²) in [6.07, 6.45) is 0.332. The number of hydrogen-bond acceptors (Lipinski definition) is 2. The van der Waals surface area contributed by atoms with Gasteiger partial charge < -0.3 is 10.5 Å². The van der Waals surface area contributed by atoms with E-state index in [0.29, 0.717) is 18.8 Å². The van der Waals surface area contributed by atoms with Gasteiger partial charge in [0.1, 0.15) is 12.4 Å². The van der Waals surface area contributed by atoms with Crippen LogP contribution in [0.5, 0.6) is 5.75 Å². The molecule has 70 valence electrons. The number of halogens is 2. The average molecular weight is 185 g/mol. The summed E-state index contributed by atoms with van der Waals surface area (Å²) in [4.78, 5) is 0. The first-order valence-electron chi connectivity index (χ1n) is 4.03. The molecule has 0 saturated carbocycles. The topological polar surface area (TPSA) is 35.2 Å². The van der Waals surface area contributed by atoms with Gasteiger partial charge in [0.25, 0.3) is 0 Å². The number of ether oxygens (including phenoxy) is 1. The minimum Gasteiger partial charge on any atom is -0.492 e. The highest BCUT2D eigenvalue weighted by Gasteiger charge is 2.21. The van der Waals surface area contributed by atoms with E-state index in [1.165, 1.54) is 6.07 Å². The molecule has 0 spiro atoms. The zero-order valence-electron chi connectivity index (χ0n) is 6.89. The normalized spacial score (nSPS) is 20.7. The Hall–Kier alpha value is -1.16. The van der Waals surface area contributed by atoms with Gasteiger partial charge in [-0.2, -0.15) is 0 Å². The van der Waals surface area contributed by atoms with Crippen LogP contribution in [-0.4, -0.2) is 12.6 Å². The SMILES string of the molecule is NC1COc2ccc(F)c(F)c2C1. The van der Waals surface area contributed by atoms with Crippen molar-refractivity contribution in [2.24, 2.45) is 5.73 Å². The average Bonchev–Trinajstić information content (AvgIpc) is 2.12. The maximum atomic E-state index is 13.1. The van der Waals surface area contributed by atoms with Crippen LogP contribution in [0.25, 0.3) is 0 Å². The first-order valence-corrected chi connectivity index (χ1v) is 4.03. The molecule has 13 heavy (non-hydrogen) atoms. The maximum absolute atomic E-state index is 13.1. The molecule has 2 N–H and O–H groups in total. The lowest BCUT2D eigenvalue weighted by Gasteiger charge is -2.22. The van der Waals surface area contributed by atoms with Crippen molar-refractivity contribution in [1.82, 2.24) is 0 Å². The zero-order chi connectivity index (χ0) is 9.42. The van der Waals surface area contributed by atoms with Crippen LogP contribution >= 0.6 is 0 Å². The maximum Gasteiger partial charge on any atom is 0.165 e. The van der Waals surface area contributed by atoms with Gasteiger partial charge in [-0.15, -0.1) is 0 Å². The van der Waals surface area contributed by atoms with Gasteiger partial charge in [-0.25, -0.2) is 8.78 Å². The number of nitrogens with two attached hydrogens (primary N) is 1. The molecule has 1 aliphatic rings. The van der Waals surface area contributed by atoms with E-state index >= 15 is 0 Å². The van der Waals surface area contributed by atoms with E-state index in [0.717, 1.165) is 6.07 Å². The molecule has 1 aromatic rings. The van der Waals surface area contributed by atoms with Crippen molar-refractivity contribution in [3.05, 3.63) is 29.3 Å². The van der Waals surface area contributed by atoms with Gasteiger partial charge in [0.05, 0.1) is 0 Å². The van der Waals surface area contributed by atoms with Crippen molar-refractivity contribution in [2.45, 2.75) is 12.5 Å². The van der Waals surface area contributed by atoms with Gasteiger partial charge >= 0.3 is 0 Å². The number of fused-ring (bicyclic) bond motifs is 1. The second-order valence-corrected chi connectivity index (χ2v) is 3.11. The highest BCUT2D eigenvalue weighted by atomic mass is 19.2. The molecular formula is C9H9F2NO. The zero-order valence-corrected chi connectivity index (χ0v) is 6.89. The first kappa shape index (κ1) is 8.44. The monoisotopic (exact) mass is 185 g/mol. The second kappa shape index (κ2) is 2.96. The fourth-order valence-corrected chi connectivity index (χ4v) is 1.42. The van der Waals surface area contributed by atoms with E-state index in [4.69, 9.17) is 10.5 Å². The molecule has 0 amide bonds. The van der Waals surface area contributed by atoms with E-state index in [-0.39, 0.29) is 11.6 Å². The van der Waals surface area contributed by atoms with Gasteiger partial charge in [-0.05, 0) is 18.6 Å². The minimum atomic E-state index is -0.851. The predicted octanol–water partition coefficient (Wildman–Crippen LogP) is 1.23. The fraction of sp³-hybridized carbons (Fsp3) is 0.333. The number of rotatable bonds is 0. The third-order valence-electron chi connectivity index (χ3n) is 2.07. The van der Waals surface area contributed by atoms with Crippen molar-refractivity contribution in [3.63, 3.8) is 0 Å². The van der Waals surface area contributed by atoms with Crippen molar-refractivity contribution in [1.29, 1.82) is 0 Å². The van der Waals surface area contributed by atoms with E-state index in [2.05, 4.69) is 0 Å². The molecule has 0 saturated heterocycles. The lowest BCUT2D eigenvalue weighted by Crippen LogP contribution is -2.34. The molecule has 1 aliphatic heterocycles. The summed E-state index contributed by atoms with van der Waals surface area (Å²) in [6.45, 7) is 0.359. The second-order valence-electron chi connectivity index (χ2n) is 3.11. The summed E-state index contributed by atoms with van der Waals surface area (Å²) in [5, 5.41) is 0. The van der Waals surface area contributed by atoms with Crippen LogP contribution in [0.1, 0.15) is 5.56 Å². The standard InChI is InChI=1S/C9H9F2NO/c10-7-1-2-8-6(9(7)11)3-5(12)4-13-8/h1-2,5H,3-4,12H2. The van der Waals surface area contributed by atoms with Gasteiger partial charge in [-0.1, -0.05) is 0 Å². The van der Waals surface area contributed by atoms with Crippen molar-refractivity contribution in [2.75, 3.05) is 6.61 Å². The smallest absolute Gasteiger partial charge is 0.165 e. The van der Waals surface area contributed by atoms with E-state index in [1.807, 2.05) is 0 Å². The van der Waals surface area contributed by atoms with Gasteiger partial charge in [0, 0.05) is 11.6 Å². The molecule has 1 aromatic carbocycles. The Labute approximate surface area is 74.3 Å². The molecule has 2 rings (SSSR count). The van der Waals surface area contributed by atoms with Crippen LogP contribution in [0.4, 0.5) is 8.78 Å². The Morgan fingerprint density at radius 1 is 1.38 bits per heavy atom. The third-order valence-corrected chi connectivity index (χ3v) is 2.07. The fourth-order valence-electron chi connectivity index (χ4n) is 1.42. The predicted molar refractivity (Wildman–Crippen MR) is 43.5 cm³/mol. The Kier molecular flexibility index (Phi) is 1.92. The lowest BCUT2D eigenvalue weighted by molar-refractivity contribution is 0.257. The van der Waals surface area contributed by atoms with Crippen LogP contribution < -0.4 is 10.5 Å². The van der Waals surface area contributed by atoms with Crippen molar-refractivity contribution in [3.8, 4) is 5.75 Å². The number of benzene rings is 1. The van der Waals surface area contributed by atoms with Crippen LogP contribution in [0.3, 0.4) is 0 Å². The van der Waals surface area contributed by atoms with Gasteiger partial charge in [-0.3, -0.25) is 0 Å². The van der Waals surface area contributed by atoms with Gasteiger partial charge in [0.2, 0.25) is 0 Å². The molecule has 0 fully saturated rings. The molecule has 4 heteroatoms. The Bertz CT molecular complexity index is 341. The summed E-state index contributed by atoms with van der Waals surface area (Å²) in [5.74, 6) is -1.29. The molecule has 2 nitrogen and oxygen atoms in total. The summed E-state index contributed by atoms with van der Waals surface area (Å²) in [5.41, 5.74) is 5.80. The van der Waals surface area contributed by atoms with E-state index in [1.54, 1.807) is 0 Å². The molecule has 0 aliphatic carbocycles. The molecule has 1 heterocycles. The summed E-state index contributed by atoms with van der Waals surface area (Å²) >= 11 is 0. The van der Waals surface area contributed by atoms with Crippen LogP contribution in [0.2, 0.25) is 0 Å². The van der Waals surface area contributed by atoms with Crippen LogP contribution in [-0.2, 0) is 6.42 Å². The lowest BCUT2D eigenvalue weighted by atomic mass is 10.0. The molecule has 1 unspecified atom stereocenters. The van der Waals surface area contributed by atoms with Crippen LogP contribution in [0.15, 0.2) is 12.1 Å². The van der Waals surface area contributed by atoms with E-state index < -0.39 is 11.6 Å². The van der Waals surface area contributed by atoms with Crippen LogP contribution in [0, 0.1) is 11.6 Å². The summed E-state index contributed by atoms with van der Waals surface area (Å²) < 4.78 is 31.0. The highest BCUT2D eigenvalue weighted by molar-refractivity contribution is 5.37. The summed E-state index contributed by atoms with van der Waals surface area (Å²) in [7, 11) is 0. The summed E-state index contributed by atoms with van der Waals surface area (Å²) in [6, 6.07) is 2.24.